The molecule has 0 radical (unpaired) electrons. The summed E-state index contributed by atoms with van der Waals surface area (Å²) in [6, 6.07) is 20.2. The predicted octanol–water partition coefficient (Wildman–Crippen LogP) is 3.10. The van der Waals surface area contributed by atoms with Gasteiger partial charge in [0.25, 0.3) is 10.0 Å². The van der Waals surface area contributed by atoms with Crippen LogP contribution in [0.15, 0.2) is 77.7 Å². The van der Waals surface area contributed by atoms with Crippen LogP contribution in [0.2, 0.25) is 0 Å². The summed E-state index contributed by atoms with van der Waals surface area (Å²) in [6.07, 6.45) is 1.36. The van der Waals surface area contributed by atoms with Crippen LogP contribution < -0.4 is 24.0 Å². The van der Waals surface area contributed by atoms with Crippen molar-refractivity contribution in [2.24, 2.45) is 0 Å². The second kappa shape index (κ2) is 10.5. The average Bonchev–Trinajstić information content (AvgIpc) is 3.36. The molecule has 0 saturated carbocycles. The number of amides is 2. The molecule has 1 N–H and O–H groups in total. The second-order valence-electron chi connectivity index (χ2n) is 8.75. The molecule has 0 atom stereocenters. The molecule has 10 heteroatoms. The van der Waals surface area contributed by atoms with Crippen molar-refractivity contribution in [3.8, 4) is 11.5 Å². The third-order valence-corrected chi connectivity index (χ3v) is 8.01. The largest absolute Gasteiger partial charge is 0.486 e. The molecule has 0 bridgehead atoms. The van der Waals surface area contributed by atoms with Gasteiger partial charge in [0.2, 0.25) is 11.8 Å². The molecule has 2 heterocycles. The zero-order valence-corrected chi connectivity index (χ0v) is 20.9. The minimum absolute atomic E-state index is 0.0701. The maximum Gasteiger partial charge on any atom is 0.264 e. The van der Waals surface area contributed by atoms with Gasteiger partial charge in [-0.15, -0.1) is 0 Å². The van der Waals surface area contributed by atoms with Crippen LogP contribution in [-0.2, 0) is 26.2 Å². The number of anilines is 2. The number of benzene rings is 3. The Morgan fingerprint density at radius 1 is 0.946 bits per heavy atom. The van der Waals surface area contributed by atoms with Crippen molar-refractivity contribution >= 4 is 33.2 Å². The lowest BCUT2D eigenvalue weighted by atomic mass is 10.2. The zero-order chi connectivity index (χ0) is 25.8. The summed E-state index contributed by atoms with van der Waals surface area (Å²) in [4.78, 5) is 26.9. The number of carbonyl (C=O) groups excluding carboxylic acids is 2. The fourth-order valence-corrected chi connectivity index (χ4v) is 5.80. The third kappa shape index (κ3) is 5.39. The minimum Gasteiger partial charge on any atom is -0.486 e. The van der Waals surface area contributed by atoms with Gasteiger partial charge in [0.15, 0.2) is 11.5 Å². The van der Waals surface area contributed by atoms with Crippen LogP contribution in [0.5, 0.6) is 11.5 Å². The molecule has 1 fully saturated rings. The highest BCUT2D eigenvalue weighted by Crippen LogP contribution is 2.35. The van der Waals surface area contributed by atoms with Crippen molar-refractivity contribution in [2.75, 3.05) is 35.5 Å². The third-order valence-electron chi connectivity index (χ3n) is 6.22. The highest BCUT2D eigenvalue weighted by Gasteiger charge is 2.28. The van der Waals surface area contributed by atoms with Gasteiger partial charge in [-0.05, 0) is 48.4 Å². The molecular formula is C27H27N3O6S. The molecule has 9 nitrogen and oxygen atoms in total. The quantitative estimate of drug-likeness (QED) is 0.489. The number of hydrogen-bond donors (Lipinski definition) is 1. The Morgan fingerprint density at radius 2 is 1.73 bits per heavy atom. The summed E-state index contributed by atoms with van der Waals surface area (Å²) in [5.74, 6) is 0.554. The Morgan fingerprint density at radius 3 is 2.49 bits per heavy atom. The lowest BCUT2D eigenvalue weighted by molar-refractivity contribution is -0.120. The van der Waals surface area contributed by atoms with Gasteiger partial charge in [-0.25, -0.2) is 8.42 Å². The van der Waals surface area contributed by atoms with Crippen LogP contribution in [0.1, 0.15) is 18.4 Å². The molecule has 37 heavy (non-hydrogen) atoms. The van der Waals surface area contributed by atoms with E-state index in [9.17, 15) is 18.0 Å². The number of rotatable bonds is 8. The van der Waals surface area contributed by atoms with Crippen LogP contribution in [0.4, 0.5) is 11.4 Å². The topological polar surface area (TPSA) is 105 Å². The van der Waals surface area contributed by atoms with Crippen molar-refractivity contribution in [2.45, 2.75) is 24.3 Å². The summed E-state index contributed by atoms with van der Waals surface area (Å²) in [5, 5.41) is 2.81. The summed E-state index contributed by atoms with van der Waals surface area (Å²) in [5.41, 5.74) is 1.89. The van der Waals surface area contributed by atoms with E-state index in [1.165, 1.54) is 12.1 Å². The molecule has 1 saturated heterocycles. The first-order valence-corrected chi connectivity index (χ1v) is 13.5. The Kier molecular flexibility index (Phi) is 7.00. The number of fused-ring (bicyclic) bond motifs is 1. The monoisotopic (exact) mass is 521 g/mol. The van der Waals surface area contributed by atoms with Gasteiger partial charge < -0.3 is 19.7 Å². The van der Waals surface area contributed by atoms with E-state index in [-0.39, 0.29) is 23.0 Å². The number of ether oxygens (including phenoxy) is 2. The predicted molar refractivity (Wildman–Crippen MR) is 138 cm³/mol. The lowest BCUT2D eigenvalue weighted by Crippen LogP contribution is -2.40. The van der Waals surface area contributed by atoms with Gasteiger partial charge in [-0.2, -0.15) is 0 Å². The van der Waals surface area contributed by atoms with E-state index >= 15 is 0 Å². The van der Waals surface area contributed by atoms with Crippen LogP contribution in [-0.4, -0.2) is 46.5 Å². The Balaban J connectivity index is 1.36. The first kappa shape index (κ1) is 24.6. The van der Waals surface area contributed by atoms with Gasteiger partial charge in [0, 0.05) is 31.3 Å². The van der Waals surface area contributed by atoms with Crippen molar-refractivity contribution in [3.05, 3.63) is 78.4 Å². The Bertz CT molecular complexity index is 1410. The highest BCUT2D eigenvalue weighted by atomic mass is 32.2. The number of sulfonamides is 1. The fraction of sp³-hybridized carbons (Fsp3) is 0.259. The van der Waals surface area contributed by atoms with E-state index in [1.807, 2.05) is 24.3 Å². The molecule has 2 aliphatic heterocycles. The van der Waals surface area contributed by atoms with E-state index in [0.717, 1.165) is 22.0 Å². The van der Waals surface area contributed by atoms with Crippen molar-refractivity contribution in [1.82, 2.24) is 5.32 Å². The number of hydrogen-bond acceptors (Lipinski definition) is 6. The summed E-state index contributed by atoms with van der Waals surface area (Å²) in [6.45, 7) is 1.20. The van der Waals surface area contributed by atoms with Gasteiger partial charge in [0.1, 0.15) is 19.8 Å². The smallest absolute Gasteiger partial charge is 0.264 e. The highest BCUT2D eigenvalue weighted by molar-refractivity contribution is 7.92. The second-order valence-corrected chi connectivity index (χ2v) is 10.6. The molecule has 3 aromatic rings. The first-order valence-electron chi connectivity index (χ1n) is 12.1. The molecule has 5 rings (SSSR count). The maximum absolute atomic E-state index is 13.6. The SMILES string of the molecule is O=C(CN(c1ccc2c(c1)OCCO2)S(=O)(=O)c1ccccc1)NCc1cccc(N2CCCC2=O)c1. The standard InChI is InChI=1S/C27H27N3O6S/c31-26(28-18-20-6-4-7-21(16-20)29-13-5-10-27(29)32)19-30(37(33,34)23-8-2-1-3-9-23)22-11-12-24-25(17-22)36-15-14-35-24/h1-4,6-9,11-12,16-17H,5,10,13-15,18-19H2,(H,28,31). The van der Waals surface area contributed by atoms with Crippen LogP contribution in [0, 0.1) is 0 Å². The maximum atomic E-state index is 13.6. The summed E-state index contributed by atoms with van der Waals surface area (Å²) >= 11 is 0. The number of carbonyl (C=O) groups is 2. The Labute approximate surface area is 215 Å². The molecule has 2 amide bonds. The normalized spacial score (nSPS) is 14.9. The first-order chi connectivity index (χ1) is 17.9. The van der Waals surface area contributed by atoms with Crippen LogP contribution >= 0.6 is 0 Å². The van der Waals surface area contributed by atoms with E-state index in [0.29, 0.717) is 37.7 Å². The van der Waals surface area contributed by atoms with E-state index in [4.69, 9.17) is 9.47 Å². The van der Waals surface area contributed by atoms with E-state index < -0.39 is 22.5 Å². The van der Waals surface area contributed by atoms with Gasteiger partial charge in [-0.3, -0.25) is 13.9 Å². The minimum atomic E-state index is -4.05. The molecule has 0 unspecified atom stereocenters. The van der Waals surface area contributed by atoms with Gasteiger partial charge in [0.05, 0.1) is 10.6 Å². The molecular weight excluding hydrogens is 494 g/mol. The van der Waals surface area contributed by atoms with Gasteiger partial charge in [-0.1, -0.05) is 30.3 Å². The lowest BCUT2D eigenvalue weighted by Gasteiger charge is -2.26. The van der Waals surface area contributed by atoms with Crippen molar-refractivity contribution < 1.29 is 27.5 Å². The van der Waals surface area contributed by atoms with Crippen LogP contribution in [0.25, 0.3) is 0 Å². The number of nitrogens with one attached hydrogen (secondary N) is 1. The van der Waals surface area contributed by atoms with Crippen LogP contribution in [0.3, 0.4) is 0 Å². The van der Waals surface area contributed by atoms with Gasteiger partial charge >= 0.3 is 0 Å². The molecule has 3 aromatic carbocycles. The zero-order valence-electron chi connectivity index (χ0n) is 20.1. The molecule has 192 valence electrons. The summed E-state index contributed by atoms with van der Waals surface area (Å²) < 4.78 is 39.4. The van der Waals surface area contributed by atoms with E-state index in [1.54, 1.807) is 41.3 Å². The Hall–Kier alpha value is -4.05. The molecule has 2 aliphatic rings. The molecule has 0 spiro atoms. The molecule has 0 aromatic heterocycles. The average molecular weight is 522 g/mol. The summed E-state index contributed by atoms with van der Waals surface area (Å²) in [7, 11) is -4.05. The van der Waals surface area contributed by atoms with Crippen molar-refractivity contribution in [1.29, 1.82) is 0 Å². The van der Waals surface area contributed by atoms with Crippen molar-refractivity contribution in [3.63, 3.8) is 0 Å². The van der Waals surface area contributed by atoms with E-state index in [2.05, 4.69) is 5.32 Å². The number of nitrogens with zero attached hydrogens (tertiary/aromatic N) is 2. The fourth-order valence-electron chi connectivity index (χ4n) is 4.36. The molecule has 0 aliphatic carbocycles.